The third kappa shape index (κ3) is 3.53. The van der Waals surface area contributed by atoms with Gasteiger partial charge in [0.1, 0.15) is 0 Å². The summed E-state index contributed by atoms with van der Waals surface area (Å²) in [6.45, 7) is 11.8. The Morgan fingerprint density at radius 1 is 1.10 bits per heavy atom. The van der Waals surface area contributed by atoms with Crippen LogP contribution in [0.1, 0.15) is 60.8 Å². The van der Waals surface area contributed by atoms with E-state index in [1.807, 2.05) is 11.7 Å². The van der Waals surface area contributed by atoms with E-state index in [4.69, 9.17) is 0 Å². The van der Waals surface area contributed by atoms with Gasteiger partial charge in [-0.15, -0.1) is 0 Å². The summed E-state index contributed by atoms with van der Waals surface area (Å²) < 4.78 is 1.96. The summed E-state index contributed by atoms with van der Waals surface area (Å²) in [7, 11) is 2.00. The molecule has 21 heavy (non-hydrogen) atoms. The second kappa shape index (κ2) is 6.44. The average molecular weight is 285 g/mol. The summed E-state index contributed by atoms with van der Waals surface area (Å²) in [4.78, 5) is 0. The summed E-state index contributed by atoms with van der Waals surface area (Å²) >= 11 is 0. The number of rotatable bonds is 5. The Morgan fingerprint density at radius 3 is 2.19 bits per heavy atom. The average Bonchev–Trinajstić information content (AvgIpc) is 2.70. The zero-order valence-electron chi connectivity index (χ0n) is 14.1. The first-order chi connectivity index (χ1) is 9.90. The summed E-state index contributed by atoms with van der Waals surface area (Å²) in [6.07, 6.45) is 0. The lowest BCUT2D eigenvalue weighted by Gasteiger charge is -2.15. The molecule has 2 aromatic rings. The van der Waals surface area contributed by atoms with Crippen molar-refractivity contribution in [1.82, 2.24) is 15.1 Å². The predicted octanol–water partition coefficient (Wildman–Crippen LogP) is 4.01. The van der Waals surface area contributed by atoms with Crippen molar-refractivity contribution in [2.75, 3.05) is 0 Å². The number of aryl methyl sites for hydroxylation is 2. The highest BCUT2D eigenvalue weighted by Crippen LogP contribution is 2.21. The SMILES string of the molecule is Cc1nn(C)c(C)c1C(C)NCc1ccc(C(C)C)cc1. The summed E-state index contributed by atoms with van der Waals surface area (Å²) in [5.74, 6) is 0.589. The van der Waals surface area contributed by atoms with E-state index < -0.39 is 0 Å². The van der Waals surface area contributed by atoms with Gasteiger partial charge < -0.3 is 5.32 Å². The molecule has 114 valence electrons. The van der Waals surface area contributed by atoms with Crippen molar-refractivity contribution in [2.45, 2.75) is 53.1 Å². The molecule has 0 amide bonds. The van der Waals surface area contributed by atoms with Crippen LogP contribution in [0.2, 0.25) is 0 Å². The monoisotopic (exact) mass is 285 g/mol. The molecule has 3 nitrogen and oxygen atoms in total. The molecule has 0 fully saturated rings. The smallest absolute Gasteiger partial charge is 0.0644 e. The van der Waals surface area contributed by atoms with Gasteiger partial charge in [-0.2, -0.15) is 5.10 Å². The highest BCUT2D eigenvalue weighted by molar-refractivity contribution is 5.28. The topological polar surface area (TPSA) is 29.9 Å². The molecular weight excluding hydrogens is 258 g/mol. The van der Waals surface area contributed by atoms with E-state index in [0.717, 1.165) is 12.2 Å². The maximum Gasteiger partial charge on any atom is 0.0644 e. The molecular formula is C18H27N3. The van der Waals surface area contributed by atoms with Crippen LogP contribution in [0.3, 0.4) is 0 Å². The van der Waals surface area contributed by atoms with E-state index in [1.165, 1.54) is 22.4 Å². The fraction of sp³-hybridized carbons (Fsp3) is 0.500. The highest BCUT2D eigenvalue weighted by Gasteiger charge is 2.15. The first-order valence-electron chi connectivity index (χ1n) is 7.72. The van der Waals surface area contributed by atoms with Gasteiger partial charge in [0.25, 0.3) is 0 Å². The van der Waals surface area contributed by atoms with Crippen molar-refractivity contribution in [3.05, 3.63) is 52.3 Å². The van der Waals surface area contributed by atoms with Gasteiger partial charge in [-0.3, -0.25) is 4.68 Å². The van der Waals surface area contributed by atoms with Gasteiger partial charge in [0, 0.05) is 30.9 Å². The Hall–Kier alpha value is -1.61. The van der Waals surface area contributed by atoms with Crippen LogP contribution in [0.15, 0.2) is 24.3 Å². The van der Waals surface area contributed by atoms with Crippen LogP contribution in [0.25, 0.3) is 0 Å². The fourth-order valence-corrected chi connectivity index (χ4v) is 2.81. The molecule has 0 radical (unpaired) electrons. The number of benzene rings is 1. The van der Waals surface area contributed by atoms with Crippen molar-refractivity contribution >= 4 is 0 Å². The molecule has 1 N–H and O–H groups in total. The first-order valence-corrected chi connectivity index (χ1v) is 7.72. The Bertz CT molecular complexity index is 594. The van der Waals surface area contributed by atoms with Crippen LogP contribution in [0, 0.1) is 13.8 Å². The van der Waals surface area contributed by atoms with E-state index in [0.29, 0.717) is 12.0 Å². The van der Waals surface area contributed by atoms with Crippen LogP contribution in [-0.2, 0) is 13.6 Å². The number of hydrogen-bond acceptors (Lipinski definition) is 2. The largest absolute Gasteiger partial charge is 0.306 e. The van der Waals surface area contributed by atoms with Crippen LogP contribution in [0.4, 0.5) is 0 Å². The first kappa shape index (κ1) is 15.8. The lowest BCUT2D eigenvalue weighted by molar-refractivity contribution is 0.568. The Balaban J connectivity index is 2.02. The van der Waals surface area contributed by atoms with Gasteiger partial charge in [-0.1, -0.05) is 38.1 Å². The Kier molecular flexibility index (Phi) is 4.84. The van der Waals surface area contributed by atoms with Gasteiger partial charge in [0.2, 0.25) is 0 Å². The molecule has 0 aliphatic carbocycles. The quantitative estimate of drug-likeness (QED) is 0.899. The minimum absolute atomic E-state index is 0.309. The Labute approximate surface area is 128 Å². The molecule has 0 aliphatic heterocycles. The van der Waals surface area contributed by atoms with Crippen molar-refractivity contribution in [3.8, 4) is 0 Å². The van der Waals surface area contributed by atoms with E-state index in [9.17, 15) is 0 Å². The van der Waals surface area contributed by atoms with Gasteiger partial charge >= 0.3 is 0 Å². The molecule has 1 unspecified atom stereocenters. The lowest BCUT2D eigenvalue weighted by atomic mass is 10.0. The standard InChI is InChI=1S/C18H27N3/c1-12(2)17-9-7-16(8-10-17)11-19-13(3)18-14(4)20-21(6)15(18)5/h7-10,12-13,19H,11H2,1-6H3. The van der Waals surface area contributed by atoms with Crippen LogP contribution >= 0.6 is 0 Å². The minimum Gasteiger partial charge on any atom is -0.306 e. The zero-order valence-corrected chi connectivity index (χ0v) is 14.1. The molecule has 0 spiro atoms. The molecule has 3 heteroatoms. The lowest BCUT2D eigenvalue weighted by Crippen LogP contribution is -2.19. The third-order valence-electron chi connectivity index (χ3n) is 4.26. The molecule has 0 saturated carbocycles. The molecule has 2 rings (SSSR count). The van der Waals surface area contributed by atoms with Gasteiger partial charge in [0.15, 0.2) is 0 Å². The number of hydrogen-bond donors (Lipinski definition) is 1. The van der Waals surface area contributed by atoms with Gasteiger partial charge in [-0.25, -0.2) is 0 Å². The van der Waals surface area contributed by atoms with E-state index >= 15 is 0 Å². The van der Waals surface area contributed by atoms with Crippen LogP contribution in [-0.4, -0.2) is 9.78 Å². The highest BCUT2D eigenvalue weighted by atomic mass is 15.3. The number of nitrogens with zero attached hydrogens (tertiary/aromatic N) is 2. The van der Waals surface area contributed by atoms with E-state index in [-0.39, 0.29) is 0 Å². The third-order valence-corrected chi connectivity index (χ3v) is 4.26. The number of nitrogens with one attached hydrogen (secondary N) is 1. The Morgan fingerprint density at radius 2 is 1.71 bits per heavy atom. The molecule has 0 saturated heterocycles. The summed E-state index contributed by atoms with van der Waals surface area (Å²) in [5, 5.41) is 8.10. The predicted molar refractivity (Wildman–Crippen MR) is 88.5 cm³/mol. The van der Waals surface area contributed by atoms with Crippen molar-refractivity contribution in [1.29, 1.82) is 0 Å². The fourth-order valence-electron chi connectivity index (χ4n) is 2.81. The van der Waals surface area contributed by atoms with Gasteiger partial charge in [0.05, 0.1) is 5.69 Å². The molecule has 1 aromatic heterocycles. The summed E-state index contributed by atoms with van der Waals surface area (Å²) in [6, 6.07) is 9.21. The van der Waals surface area contributed by atoms with Crippen molar-refractivity contribution in [2.24, 2.45) is 7.05 Å². The summed E-state index contributed by atoms with van der Waals surface area (Å²) in [5.41, 5.74) is 6.39. The molecule has 0 aliphatic rings. The maximum absolute atomic E-state index is 4.49. The molecule has 1 aromatic carbocycles. The maximum atomic E-state index is 4.49. The van der Waals surface area contributed by atoms with Crippen LogP contribution in [0.5, 0.6) is 0 Å². The van der Waals surface area contributed by atoms with Crippen molar-refractivity contribution < 1.29 is 0 Å². The van der Waals surface area contributed by atoms with Crippen LogP contribution < -0.4 is 5.32 Å². The molecule has 0 bridgehead atoms. The zero-order chi connectivity index (χ0) is 15.6. The van der Waals surface area contributed by atoms with E-state index in [1.54, 1.807) is 0 Å². The normalized spacial score (nSPS) is 12.9. The second-order valence-electron chi connectivity index (χ2n) is 6.21. The second-order valence-corrected chi connectivity index (χ2v) is 6.21. The number of aromatic nitrogens is 2. The molecule has 1 atom stereocenters. The van der Waals surface area contributed by atoms with Gasteiger partial charge in [-0.05, 0) is 37.8 Å². The molecule has 1 heterocycles. The van der Waals surface area contributed by atoms with Crippen molar-refractivity contribution in [3.63, 3.8) is 0 Å². The minimum atomic E-state index is 0.309. The van der Waals surface area contributed by atoms with E-state index in [2.05, 4.69) is 69.3 Å².